The van der Waals surface area contributed by atoms with E-state index in [1.54, 1.807) is 19.4 Å². The lowest BCUT2D eigenvalue weighted by Crippen LogP contribution is -2.42. The fourth-order valence-electron chi connectivity index (χ4n) is 1.30. The number of amides is 1. The van der Waals surface area contributed by atoms with Gasteiger partial charge in [0.2, 0.25) is 0 Å². The molecule has 0 aromatic carbocycles. The Morgan fingerprint density at radius 3 is 2.73 bits per heavy atom. The highest BCUT2D eigenvalue weighted by Gasteiger charge is 2.27. The number of likely N-dealkylation sites (N-methyl/N-ethyl adjacent to an activating group) is 1. The van der Waals surface area contributed by atoms with Crippen LogP contribution in [0.1, 0.15) is 19.4 Å². The lowest BCUT2D eigenvalue weighted by atomic mass is 10.1. The highest BCUT2D eigenvalue weighted by molar-refractivity contribution is 5.83. The third kappa shape index (κ3) is 3.32. The molecule has 15 heavy (non-hydrogen) atoms. The molecule has 82 valence electrons. The van der Waals surface area contributed by atoms with Gasteiger partial charge in [0.15, 0.2) is 0 Å². The molecule has 1 amide bonds. The Morgan fingerprint density at radius 1 is 1.60 bits per heavy atom. The summed E-state index contributed by atoms with van der Waals surface area (Å²) in [5.74, 6) is -0.300. The molecule has 0 saturated carbocycles. The number of aliphatic hydroxyl groups is 1. The topological polar surface area (TPSA) is 53.4 Å². The first-order valence-electron chi connectivity index (χ1n) is 4.78. The Hall–Kier alpha value is -1.42. The molecule has 1 N–H and O–H groups in total. The van der Waals surface area contributed by atoms with E-state index < -0.39 is 5.60 Å². The number of aromatic nitrogens is 1. The Labute approximate surface area is 89.6 Å². The number of carbonyl (C=O) groups excluding carboxylic acids is 1. The van der Waals surface area contributed by atoms with Crippen LogP contribution in [0.2, 0.25) is 0 Å². The fourth-order valence-corrected chi connectivity index (χ4v) is 1.30. The van der Waals surface area contributed by atoms with Crippen molar-refractivity contribution in [2.45, 2.75) is 26.0 Å². The first-order valence-corrected chi connectivity index (χ1v) is 4.78. The van der Waals surface area contributed by atoms with Crippen LogP contribution in [-0.4, -0.2) is 33.5 Å². The molecule has 0 unspecified atom stereocenters. The number of nitrogens with zero attached hydrogens (tertiary/aromatic N) is 2. The summed E-state index contributed by atoms with van der Waals surface area (Å²) < 4.78 is 0. The van der Waals surface area contributed by atoms with Gasteiger partial charge in [-0.15, -0.1) is 0 Å². The van der Waals surface area contributed by atoms with Gasteiger partial charge in [0, 0.05) is 26.0 Å². The molecule has 0 bridgehead atoms. The molecule has 1 heterocycles. The fraction of sp³-hybridized carbons (Fsp3) is 0.455. The second kappa shape index (κ2) is 4.40. The van der Waals surface area contributed by atoms with Crippen LogP contribution >= 0.6 is 0 Å². The first kappa shape index (κ1) is 11.7. The van der Waals surface area contributed by atoms with Gasteiger partial charge in [-0.2, -0.15) is 0 Å². The molecule has 1 aromatic heterocycles. The molecular formula is C11H16N2O2. The second-order valence-electron chi connectivity index (χ2n) is 4.08. The van der Waals surface area contributed by atoms with Crippen LogP contribution in [0.15, 0.2) is 24.5 Å². The van der Waals surface area contributed by atoms with Crippen molar-refractivity contribution < 1.29 is 9.90 Å². The summed E-state index contributed by atoms with van der Waals surface area (Å²) in [4.78, 5) is 17.1. The van der Waals surface area contributed by atoms with E-state index in [1.165, 1.54) is 18.7 Å². The number of hydrogen-bond acceptors (Lipinski definition) is 3. The smallest absolute Gasteiger partial charge is 0.253 e. The molecule has 0 spiro atoms. The summed E-state index contributed by atoms with van der Waals surface area (Å²) in [5, 5.41) is 9.53. The van der Waals surface area contributed by atoms with E-state index in [4.69, 9.17) is 0 Å². The molecule has 4 heteroatoms. The largest absolute Gasteiger partial charge is 0.381 e. The lowest BCUT2D eigenvalue weighted by Gasteiger charge is -2.24. The monoisotopic (exact) mass is 208 g/mol. The zero-order chi connectivity index (χ0) is 11.5. The van der Waals surface area contributed by atoms with E-state index in [-0.39, 0.29) is 5.91 Å². The van der Waals surface area contributed by atoms with Crippen molar-refractivity contribution >= 4 is 5.91 Å². The van der Waals surface area contributed by atoms with Crippen LogP contribution < -0.4 is 0 Å². The van der Waals surface area contributed by atoms with E-state index in [0.29, 0.717) is 6.54 Å². The summed E-state index contributed by atoms with van der Waals surface area (Å²) in [6, 6.07) is 3.71. The minimum atomic E-state index is -1.32. The van der Waals surface area contributed by atoms with Gasteiger partial charge in [-0.1, -0.05) is 6.07 Å². The predicted molar refractivity (Wildman–Crippen MR) is 57.0 cm³/mol. The van der Waals surface area contributed by atoms with Crippen LogP contribution in [0.25, 0.3) is 0 Å². The van der Waals surface area contributed by atoms with Gasteiger partial charge in [0.1, 0.15) is 5.60 Å². The first-order chi connectivity index (χ1) is 6.91. The third-order valence-electron chi connectivity index (χ3n) is 2.01. The van der Waals surface area contributed by atoms with Gasteiger partial charge < -0.3 is 10.0 Å². The highest BCUT2D eigenvalue weighted by Crippen LogP contribution is 2.09. The zero-order valence-corrected chi connectivity index (χ0v) is 9.27. The Morgan fingerprint density at radius 2 is 2.27 bits per heavy atom. The zero-order valence-electron chi connectivity index (χ0n) is 9.27. The van der Waals surface area contributed by atoms with Crippen molar-refractivity contribution in [3.05, 3.63) is 30.1 Å². The van der Waals surface area contributed by atoms with Crippen LogP contribution in [-0.2, 0) is 11.3 Å². The summed E-state index contributed by atoms with van der Waals surface area (Å²) in [6.45, 7) is 3.42. The maximum atomic E-state index is 11.6. The summed E-state index contributed by atoms with van der Waals surface area (Å²) >= 11 is 0. The standard InChI is InChI=1S/C11H16N2O2/c1-11(2,15)10(14)13(3)8-9-5-4-6-12-7-9/h4-7,15H,8H2,1-3H3. The second-order valence-corrected chi connectivity index (χ2v) is 4.08. The molecule has 1 aromatic rings. The van der Waals surface area contributed by atoms with E-state index in [9.17, 15) is 9.90 Å². The summed E-state index contributed by atoms with van der Waals surface area (Å²) in [7, 11) is 1.66. The van der Waals surface area contributed by atoms with E-state index in [0.717, 1.165) is 5.56 Å². The van der Waals surface area contributed by atoms with Crippen molar-refractivity contribution in [1.29, 1.82) is 0 Å². The number of hydrogen-bond donors (Lipinski definition) is 1. The normalized spacial score (nSPS) is 11.2. The lowest BCUT2D eigenvalue weighted by molar-refractivity contribution is -0.146. The highest BCUT2D eigenvalue weighted by atomic mass is 16.3. The van der Waals surface area contributed by atoms with E-state index in [2.05, 4.69) is 4.98 Å². The number of pyridine rings is 1. The van der Waals surface area contributed by atoms with Crippen molar-refractivity contribution in [3.8, 4) is 0 Å². The van der Waals surface area contributed by atoms with Crippen molar-refractivity contribution in [2.24, 2.45) is 0 Å². The van der Waals surface area contributed by atoms with Gasteiger partial charge in [0.25, 0.3) is 5.91 Å². The SMILES string of the molecule is CN(Cc1cccnc1)C(=O)C(C)(C)O. The molecule has 0 fully saturated rings. The molecule has 0 radical (unpaired) electrons. The number of carbonyl (C=O) groups is 1. The molecule has 4 nitrogen and oxygen atoms in total. The Kier molecular flexibility index (Phi) is 3.42. The summed E-state index contributed by atoms with van der Waals surface area (Å²) in [6.07, 6.45) is 3.38. The average molecular weight is 208 g/mol. The quantitative estimate of drug-likeness (QED) is 0.799. The molecule has 0 aliphatic heterocycles. The van der Waals surface area contributed by atoms with Gasteiger partial charge >= 0.3 is 0 Å². The third-order valence-corrected chi connectivity index (χ3v) is 2.01. The van der Waals surface area contributed by atoms with Gasteiger partial charge in [0.05, 0.1) is 0 Å². The van der Waals surface area contributed by atoms with Crippen LogP contribution in [0.4, 0.5) is 0 Å². The predicted octanol–water partition coefficient (Wildman–Crippen LogP) is 0.811. The van der Waals surface area contributed by atoms with Crippen LogP contribution in [0.3, 0.4) is 0 Å². The number of rotatable bonds is 3. The van der Waals surface area contributed by atoms with Crippen LogP contribution in [0, 0.1) is 0 Å². The maximum absolute atomic E-state index is 11.6. The Balaban J connectivity index is 2.65. The molecule has 0 aliphatic carbocycles. The van der Waals surface area contributed by atoms with E-state index >= 15 is 0 Å². The molecule has 0 atom stereocenters. The van der Waals surface area contributed by atoms with Gasteiger partial charge in [-0.3, -0.25) is 9.78 Å². The average Bonchev–Trinajstić information content (AvgIpc) is 2.16. The molecule has 0 aliphatic rings. The van der Waals surface area contributed by atoms with Gasteiger partial charge in [-0.05, 0) is 25.5 Å². The minimum absolute atomic E-state index is 0.300. The maximum Gasteiger partial charge on any atom is 0.253 e. The van der Waals surface area contributed by atoms with Crippen LogP contribution in [0.5, 0.6) is 0 Å². The van der Waals surface area contributed by atoms with Crippen molar-refractivity contribution in [3.63, 3.8) is 0 Å². The molecule has 0 saturated heterocycles. The van der Waals surface area contributed by atoms with E-state index in [1.807, 2.05) is 12.1 Å². The molecular weight excluding hydrogens is 192 g/mol. The van der Waals surface area contributed by atoms with Crippen molar-refractivity contribution in [1.82, 2.24) is 9.88 Å². The minimum Gasteiger partial charge on any atom is -0.381 e. The molecule has 1 rings (SSSR count). The van der Waals surface area contributed by atoms with Crippen molar-refractivity contribution in [2.75, 3.05) is 7.05 Å². The summed E-state index contributed by atoms with van der Waals surface area (Å²) in [5.41, 5.74) is -0.380. The Bertz CT molecular complexity index is 330. The van der Waals surface area contributed by atoms with Gasteiger partial charge in [-0.25, -0.2) is 0 Å².